The summed E-state index contributed by atoms with van der Waals surface area (Å²) in [5, 5.41) is 0. The van der Waals surface area contributed by atoms with E-state index >= 15 is 0 Å². The third-order valence-electron chi connectivity index (χ3n) is 5.40. The molecule has 0 aromatic heterocycles. The average molecular weight is 360 g/mol. The highest BCUT2D eigenvalue weighted by Gasteiger charge is 2.43. The Morgan fingerprint density at radius 3 is 2.73 bits per heavy atom. The van der Waals surface area contributed by atoms with E-state index < -0.39 is 0 Å². The molecule has 0 radical (unpaired) electrons. The molecule has 0 amide bonds. The molecule has 2 rings (SSSR count). The van der Waals surface area contributed by atoms with Gasteiger partial charge in [-0.25, -0.2) is 4.79 Å². The van der Waals surface area contributed by atoms with Crippen molar-refractivity contribution in [2.75, 3.05) is 6.61 Å². The molecule has 1 aliphatic carbocycles. The van der Waals surface area contributed by atoms with Crippen molar-refractivity contribution in [3.63, 3.8) is 0 Å². The van der Waals surface area contributed by atoms with Gasteiger partial charge in [0.2, 0.25) is 0 Å². The van der Waals surface area contributed by atoms with Crippen LogP contribution in [0.1, 0.15) is 60.3 Å². The van der Waals surface area contributed by atoms with Crippen molar-refractivity contribution >= 4 is 11.9 Å². The fourth-order valence-corrected chi connectivity index (χ4v) is 4.15. The van der Waals surface area contributed by atoms with Crippen LogP contribution in [-0.2, 0) is 19.1 Å². The maximum atomic E-state index is 12.2. The third-order valence-corrected chi connectivity index (χ3v) is 5.40. The second-order valence-electron chi connectivity index (χ2n) is 7.92. The summed E-state index contributed by atoms with van der Waals surface area (Å²) in [7, 11) is 0. The van der Waals surface area contributed by atoms with Crippen LogP contribution in [0.2, 0.25) is 0 Å². The van der Waals surface area contributed by atoms with E-state index in [9.17, 15) is 9.59 Å². The van der Waals surface area contributed by atoms with E-state index in [2.05, 4.69) is 39.8 Å². The van der Waals surface area contributed by atoms with Crippen molar-refractivity contribution in [3.8, 4) is 0 Å². The summed E-state index contributed by atoms with van der Waals surface area (Å²) in [5.74, 6) is -0.106. The summed E-state index contributed by atoms with van der Waals surface area (Å²) in [6.07, 6.45) is 9.53. The van der Waals surface area contributed by atoms with E-state index in [1.165, 1.54) is 18.1 Å². The predicted molar refractivity (Wildman–Crippen MR) is 102 cm³/mol. The Bertz CT molecular complexity index is 622. The zero-order valence-electron chi connectivity index (χ0n) is 16.7. The number of carbonyl (C=O) groups is 2. The highest BCUT2D eigenvalue weighted by atomic mass is 16.5. The standard InChI is InChI=1S/C22H32O4/c1-14(2)8-6-10-16(4)21-19-13-25-22(24)18(19)11-7-9-15(3)12-20(21)26-17(5)23/h8-9,11,16,19-21H,6-7,10,12-13H2,1-5H3/b15-9+,18-11?/t16?,19-,20-,21+/m1/s1. The number of esters is 2. The third kappa shape index (κ3) is 5.33. The lowest BCUT2D eigenvalue weighted by Gasteiger charge is -2.35. The second-order valence-corrected chi connectivity index (χ2v) is 7.92. The fraction of sp³-hybridized carbons (Fsp3) is 0.636. The Morgan fingerprint density at radius 2 is 2.08 bits per heavy atom. The van der Waals surface area contributed by atoms with E-state index in [-0.39, 0.29) is 29.9 Å². The summed E-state index contributed by atoms with van der Waals surface area (Å²) < 4.78 is 11.1. The van der Waals surface area contributed by atoms with Gasteiger partial charge in [0.25, 0.3) is 0 Å². The molecule has 0 aromatic carbocycles. The lowest BCUT2D eigenvalue weighted by atomic mass is 9.73. The quantitative estimate of drug-likeness (QED) is 0.524. The number of carbonyl (C=O) groups excluding carboxylic acids is 2. The van der Waals surface area contributed by atoms with Crippen LogP contribution in [0.3, 0.4) is 0 Å². The minimum absolute atomic E-state index is 0.00662. The monoisotopic (exact) mass is 360 g/mol. The molecule has 0 N–H and O–H groups in total. The van der Waals surface area contributed by atoms with Gasteiger partial charge in [0.05, 0.1) is 6.61 Å². The summed E-state index contributed by atoms with van der Waals surface area (Å²) >= 11 is 0. The van der Waals surface area contributed by atoms with E-state index in [4.69, 9.17) is 9.47 Å². The molecule has 0 bridgehead atoms. The molecule has 0 aromatic rings. The van der Waals surface area contributed by atoms with Crippen molar-refractivity contribution < 1.29 is 19.1 Å². The molecular weight excluding hydrogens is 328 g/mol. The minimum atomic E-state index is -0.265. The molecule has 4 heteroatoms. The largest absolute Gasteiger partial charge is 0.462 e. The van der Waals surface area contributed by atoms with Gasteiger partial charge in [-0.1, -0.05) is 36.3 Å². The Kier molecular flexibility index (Phi) is 7.24. The van der Waals surface area contributed by atoms with Gasteiger partial charge in [-0.3, -0.25) is 4.79 Å². The van der Waals surface area contributed by atoms with E-state index in [1.54, 1.807) is 0 Å². The fourth-order valence-electron chi connectivity index (χ4n) is 4.15. The van der Waals surface area contributed by atoms with Gasteiger partial charge in [0, 0.05) is 30.8 Å². The lowest BCUT2D eigenvalue weighted by Crippen LogP contribution is -2.37. The number of ether oxygens (including phenoxy) is 2. The zero-order valence-corrected chi connectivity index (χ0v) is 16.7. The van der Waals surface area contributed by atoms with Gasteiger partial charge >= 0.3 is 11.9 Å². The van der Waals surface area contributed by atoms with Crippen LogP contribution < -0.4 is 0 Å². The number of hydrogen-bond acceptors (Lipinski definition) is 4. The van der Waals surface area contributed by atoms with Gasteiger partial charge in [-0.15, -0.1) is 0 Å². The SMILES string of the molecule is CC(=O)O[C@@H]1C/C(C)=C/CC=C2C(=O)OC[C@H]2[C@@H]1C(C)CCC=C(C)C. The normalized spacial score (nSPS) is 29.0. The molecule has 1 unspecified atom stereocenters. The van der Waals surface area contributed by atoms with Crippen LogP contribution in [0.5, 0.6) is 0 Å². The number of hydrogen-bond donors (Lipinski definition) is 0. The molecule has 144 valence electrons. The van der Waals surface area contributed by atoms with E-state index in [1.807, 2.05) is 6.08 Å². The first-order chi connectivity index (χ1) is 12.3. The number of fused-ring (bicyclic) bond motifs is 1. The highest BCUT2D eigenvalue weighted by molar-refractivity contribution is 5.91. The van der Waals surface area contributed by atoms with Crippen LogP contribution >= 0.6 is 0 Å². The zero-order chi connectivity index (χ0) is 19.3. The first-order valence-electron chi connectivity index (χ1n) is 9.63. The Balaban J connectivity index is 2.35. The highest BCUT2D eigenvalue weighted by Crippen LogP contribution is 2.40. The van der Waals surface area contributed by atoms with Crippen LogP contribution in [0, 0.1) is 17.8 Å². The molecular formula is C22H32O4. The first-order valence-corrected chi connectivity index (χ1v) is 9.63. The second kappa shape index (κ2) is 9.20. The molecule has 4 nitrogen and oxygen atoms in total. The molecule has 1 saturated heterocycles. The molecule has 1 heterocycles. The van der Waals surface area contributed by atoms with Crippen LogP contribution in [0.15, 0.2) is 34.9 Å². The number of cyclic esters (lactones) is 1. The summed E-state index contributed by atoms with van der Waals surface area (Å²) in [6.45, 7) is 10.3. The summed E-state index contributed by atoms with van der Waals surface area (Å²) in [5.41, 5.74) is 3.26. The Hall–Kier alpha value is -1.84. The number of rotatable bonds is 5. The van der Waals surface area contributed by atoms with Gasteiger partial charge in [-0.2, -0.15) is 0 Å². The molecule has 26 heavy (non-hydrogen) atoms. The first kappa shape index (κ1) is 20.5. The Morgan fingerprint density at radius 1 is 1.35 bits per heavy atom. The van der Waals surface area contributed by atoms with Crippen LogP contribution in [-0.4, -0.2) is 24.6 Å². The van der Waals surface area contributed by atoms with Crippen molar-refractivity contribution in [3.05, 3.63) is 34.9 Å². The minimum Gasteiger partial charge on any atom is -0.462 e. The van der Waals surface area contributed by atoms with Gasteiger partial charge in [0.15, 0.2) is 0 Å². The lowest BCUT2D eigenvalue weighted by molar-refractivity contribution is -0.151. The summed E-state index contributed by atoms with van der Waals surface area (Å²) in [4.78, 5) is 24.0. The van der Waals surface area contributed by atoms with Gasteiger partial charge in [-0.05, 0) is 46.0 Å². The molecule has 1 aliphatic heterocycles. The topological polar surface area (TPSA) is 52.6 Å². The number of allylic oxidation sites excluding steroid dienone is 4. The average Bonchev–Trinajstić information content (AvgIpc) is 2.89. The molecule has 4 atom stereocenters. The maximum absolute atomic E-state index is 12.2. The van der Waals surface area contributed by atoms with Crippen molar-refractivity contribution in [2.24, 2.45) is 17.8 Å². The molecule has 1 fully saturated rings. The van der Waals surface area contributed by atoms with Crippen LogP contribution in [0.25, 0.3) is 0 Å². The van der Waals surface area contributed by atoms with Crippen molar-refractivity contribution in [2.45, 2.75) is 66.4 Å². The van der Waals surface area contributed by atoms with Crippen LogP contribution in [0.4, 0.5) is 0 Å². The predicted octanol–water partition coefficient (Wildman–Crippen LogP) is 4.76. The smallest absolute Gasteiger partial charge is 0.334 e. The van der Waals surface area contributed by atoms with Gasteiger partial charge in [0.1, 0.15) is 6.10 Å². The maximum Gasteiger partial charge on any atom is 0.334 e. The van der Waals surface area contributed by atoms with Crippen molar-refractivity contribution in [1.82, 2.24) is 0 Å². The molecule has 0 spiro atoms. The Labute approximate surface area is 157 Å². The summed E-state index contributed by atoms with van der Waals surface area (Å²) in [6, 6.07) is 0. The van der Waals surface area contributed by atoms with E-state index in [0.29, 0.717) is 18.9 Å². The molecule has 2 aliphatic rings. The van der Waals surface area contributed by atoms with Gasteiger partial charge < -0.3 is 9.47 Å². The molecule has 0 saturated carbocycles. The van der Waals surface area contributed by atoms with E-state index in [0.717, 1.165) is 24.8 Å². The van der Waals surface area contributed by atoms with Crippen molar-refractivity contribution in [1.29, 1.82) is 0 Å².